The first-order valence-electron chi connectivity index (χ1n) is 8.35. The number of halogens is 1. The maximum atomic E-state index is 12.6. The third-order valence-electron chi connectivity index (χ3n) is 4.58. The second kappa shape index (κ2) is 7.45. The van der Waals surface area contributed by atoms with Gasteiger partial charge in [-0.15, -0.1) is 0 Å². The lowest BCUT2D eigenvalue weighted by atomic mass is 10.1. The van der Waals surface area contributed by atoms with Crippen molar-refractivity contribution < 1.29 is 4.79 Å². The van der Waals surface area contributed by atoms with E-state index in [1.165, 1.54) is 0 Å². The Kier molecular flexibility index (Phi) is 5.30. The highest BCUT2D eigenvalue weighted by Gasteiger charge is 2.18. The number of rotatable bonds is 3. The van der Waals surface area contributed by atoms with Crippen molar-refractivity contribution in [3.8, 4) is 0 Å². The predicted molar refractivity (Wildman–Crippen MR) is 107 cm³/mol. The van der Waals surface area contributed by atoms with Crippen LogP contribution in [0.3, 0.4) is 0 Å². The molecule has 0 saturated carbocycles. The summed E-state index contributed by atoms with van der Waals surface area (Å²) in [5.74, 6) is -0.174. The van der Waals surface area contributed by atoms with Crippen molar-refractivity contribution in [3.05, 3.63) is 52.0 Å². The van der Waals surface area contributed by atoms with Gasteiger partial charge in [-0.25, -0.2) is 0 Å². The maximum Gasteiger partial charge on any atom is 0.256 e. The van der Waals surface area contributed by atoms with Gasteiger partial charge in [0, 0.05) is 36.3 Å². The number of likely N-dealkylation sites (N-methyl/N-ethyl adjacent to an activating group) is 1. The second-order valence-corrected chi connectivity index (χ2v) is 7.30. The van der Waals surface area contributed by atoms with E-state index in [0.717, 1.165) is 41.9 Å². The summed E-state index contributed by atoms with van der Waals surface area (Å²) < 4.78 is 0.762. The fourth-order valence-corrected chi connectivity index (χ4v) is 3.51. The number of piperazine rings is 1. The molecule has 0 radical (unpaired) electrons. The van der Waals surface area contributed by atoms with Crippen LogP contribution >= 0.6 is 15.9 Å². The van der Waals surface area contributed by atoms with Gasteiger partial charge in [0.2, 0.25) is 0 Å². The summed E-state index contributed by atoms with van der Waals surface area (Å²) in [6.45, 7) is 6.06. The molecule has 1 amide bonds. The number of benzene rings is 2. The molecule has 1 aliphatic rings. The Bertz CT molecular complexity index is 785. The highest BCUT2D eigenvalue weighted by molar-refractivity contribution is 9.10. The Balaban J connectivity index is 1.85. The van der Waals surface area contributed by atoms with Crippen molar-refractivity contribution >= 4 is 38.9 Å². The maximum absolute atomic E-state index is 12.6. The van der Waals surface area contributed by atoms with E-state index >= 15 is 0 Å². The largest absolute Gasteiger partial charge is 0.397 e. The van der Waals surface area contributed by atoms with Gasteiger partial charge in [0.25, 0.3) is 5.91 Å². The Morgan fingerprint density at radius 2 is 1.84 bits per heavy atom. The van der Waals surface area contributed by atoms with E-state index < -0.39 is 0 Å². The number of hydrogen-bond donors (Lipinski definition) is 2. The van der Waals surface area contributed by atoms with Crippen LogP contribution in [0.1, 0.15) is 15.9 Å². The number of hydrogen-bond acceptors (Lipinski definition) is 4. The molecule has 2 aromatic carbocycles. The van der Waals surface area contributed by atoms with Crippen LogP contribution in [-0.2, 0) is 0 Å². The minimum Gasteiger partial charge on any atom is -0.397 e. The number of carbonyl (C=O) groups is 1. The number of amides is 1. The van der Waals surface area contributed by atoms with Crippen molar-refractivity contribution in [2.24, 2.45) is 0 Å². The van der Waals surface area contributed by atoms with E-state index in [0.29, 0.717) is 16.9 Å². The summed E-state index contributed by atoms with van der Waals surface area (Å²) in [7, 11) is 2.14. The first-order chi connectivity index (χ1) is 12.0. The first kappa shape index (κ1) is 17.8. The molecule has 0 spiro atoms. The van der Waals surface area contributed by atoms with E-state index in [9.17, 15) is 4.79 Å². The second-order valence-electron chi connectivity index (χ2n) is 6.45. The molecule has 0 aliphatic carbocycles. The number of nitrogens with two attached hydrogens (primary N) is 1. The molecule has 3 rings (SSSR count). The van der Waals surface area contributed by atoms with Gasteiger partial charge in [0.05, 0.1) is 16.9 Å². The standard InChI is InChI=1S/C19H23BrN4O/c1-13-11-16(21)17(12-18(13)24-9-7-23(2)8-10-24)22-19(25)14-5-3-4-6-15(14)20/h3-6,11-12H,7-10,21H2,1-2H3,(H,22,25). The van der Waals surface area contributed by atoms with Gasteiger partial charge in [-0.2, -0.15) is 0 Å². The molecule has 0 aromatic heterocycles. The number of aryl methyl sites for hydroxylation is 1. The number of nitrogens with zero attached hydrogens (tertiary/aromatic N) is 2. The molecule has 0 unspecified atom stereocenters. The molecule has 0 bridgehead atoms. The molecule has 6 heteroatoms. The zero-order chi connectivity index (χ0) is 18.0. The SMILES string of the molecule is Cc1cc(N)c(NC(=O)c2ccccc2Br)cc1N1CCN(C)CC1. The van der Waals surface area contributed by atoms with Gasteiger partial charge in [0.1, 0.15) is 0 Å². The monoisotopic (exact) mass is 402 g/mol. The van der Waals surface area contributed by atoms with E-state index in [1.54, 1.807) is 6.07 Å². The van der Waals surface area contributed by atoms with Crippen LogP contribution in [0.5, 0.6) is 0 Å². The molecular formula is C19H23BrN4O. The molecule has 132 valence electrons. The lowest BCUT2D eigenvalue weighted by Gasteiger charge is -2.35. The van der Waals surface area contributed by atoms with Crippen molar-refractivity contribution in [3.63, 3.8) is 0 Å². The minimum absolute atomic E-state index is 0.174. The van der Waals surface area contributed by atoms with Crippen LogP contribution in [0, 0.1) is 6.92 Å². The van der Waals surface area contributed by atoms with Gasteiger partial charge >= 0.3 is 0 Å². The summed E-state index contributed by atoms with van der Waals surface area (Å²) in [6, 6.07) is 11.3. The summed E-state index contributed by atoms with van der Waals surface area (Å²) >= 11 is 3.42. The van der Waals surface area contributed by atoms with Gasteiger partial charge in [-0.3, -0.25) is 4.79 Å². The number of nitrogens with one attached hydrogen (secondary N) is 1. The van der Waals surface area contributed by atoms with Gasteiger partial charge < -0.3 is 20.9 Å². The highest BCUT2D eigenvalue weighted by atomic mass is 79.9. The van der Waals surface area contributed by atoms with Crippen LogP contribution in [0.4, 0.5) is 17.1 Å². The average Bonchev–Trinajstić information content (AvgIpc) is 2.58. The molecule has 1 saturated heterocycles. The Hall–Kier alpha value is -2.05. The molecule has 1 fully saturated rings. The molecule has 3 N–H and O–H groups in total. The van der Waals surface area contributed by atoms with E-state index in [1.807, 2.05) is 30.3 Å². The van der Waals surface area contributed by atoms with Gasteiger partial charge in [0.15, 0.2) is 0 Å². The van der Waals surface area contributed by atoms with Crippen molar-refractivity contribution in [2.45, 2.75) is 6.92 Å². The number of nitrogen functional groups attached to an aromatic ring is 1. The van der Waals surface area contributed by atoms with Crippen LogP contribution in [0.2, 0.25) is 0 Å². The molecule has 1 aliphatic heterocycles. The van der Waals surface area contributed by atoms with E-state index in [-0.39, 0.29) is 5.91 Å². The fraction of sp³-hybridized carbons (Fsp3) is 0.316. The van der Waals surface area contributed by atoms with Crippen LogP contribution < -0.4 is 16.0 Å². The quantitative estimate of drug-likeness (QED) is 0.772. The lowest BCUT2D eigenvalue weighted by Crippen LogP contribution is -2.44. The van der Waals surface area contributed by atoms with Gasteiger partial charge in [-0.1, -0.05) is 12.1 Å². The summed E-state index contributed by atoms with van der Waals surface area (Å²) in [5, 5.41) is 2.95. The Morgan fingerprint density at radius 3 is 2.52 bits per heavy atom. The summed E-state index contributed by atoms with van der Waals surface area (Å²) in [5.41, 5.74) is 10.2. The Morgan fingerprint density at radius 1 is 1.16 bits per heavy atom. The molecule has 5 nitrogen and oxygen atoms in total. The zero-order valence-electron chi connectivity index (χ0n) is 14.6. The molecule has 2 aromatic rings. The highest BCUT2D eigenvalue weighted by Crippen LogP contribution is 2.31. The van der Waals surface area contributed by atoms with Crippen LogP contribution in [0.25, 0.3) is 0 Å². The van der Waals surface area contributed by atoms with Crippen LogP contribution in [0.15, 0.2) is 40.9 Å². The number of anilines is 3. The summed E-state index contributed by atoms with van der Waals surface area (Å²) in [6.07, 6.45) is 0. The average molecular weight is 403 g/mol. The van der Waals surface area contributed by atoms with Crippen molar-refractivity contribution in [1.29, 1.82) is 0 Å². The lowest BCUT2D eigenvalue weighted by molar-refractivity contribution is 0.102. The van der Waals surface area contributed by atoms with Crippen LogP contribution in [-0.4, -0.2) is 44.0 Å². The first-order valence-corrected chi connectivity index (χ1v) is 9.14. The molecule has 1 heterocycles. The van der Waals surface area contributed by atoms with Crippen molar-refractivity contribution in [2.75, 3.05) is 49.2 Å². The van der Waals surface area contributed by atoms with E-state index in [4.69, 9.17) is 5.73 Å². The Labute approximate surface area is 156 Å². The van der Waals surface area contributed by atoms with Crippen molar-refractivity contribution in [1.82, 2.24) is 4.90 Å². The minimum atomic E-state index is -0.174. The van der Waals surface area contributed by atoms with E-state index in [2.05, 4.69) is 45.0 Å². The molecular weight excluding hydrogens is 380 g/mol. The van der Waals surface area contributed by atoms with Gasteiger partial charge in [-0.05, 0) is 59.7 Å². The normalized spacial score (nSPS) is 15.2. The zero-order valence-corrected chi connectivity index (χ0v) is 16.1. The third-order valence-corrected chi connectivity index (χ3v) is 5.27. The summed E-state index contributed by atoms with van der Waals surface area (Å²) in [4.78, 5) is 17.3. The topological polar surface area (TPSA) is 61.6 Å². The number of carbonyl (C=O) groups excluding carboxylic acids is 1. The third kappa shape index (κ3) is 3.96. The predicted octanol–water partition coefficient (Wildman–Crippen LogP) is 3.34. The fourth-order valence-electron chi connectivity index (χ4n) is 3.05. The molecule has 25 heavy (non-hydrogen) atoms. The smallest absolute Gasteiger partial charge is 0.256 e. The molecule has 0 atom stereocenters.